The smallest absolute Gasteiger partial charge is 0.407 e. The number of nitrogens with one attached hydrogen (secondary N) is 1. The van der Waals surface area contributed by atoms with Crippen LogP contribution in [0.25, 0.3) is 0 Å². The summed E-state index contributed by atoms with van der Waals surface area (Å²) in [4.78, 5) is 27.7. The summed E-state index contributed by atoms with van der Waals surface area (Å²) < 4.78 is 1.78. The molecule has 2 saturated heterocycles. The molecule has 0 aromatic carbocycles. The normalized spacial score (nSPS) is 25.5. The number of rotatable bonds is 6. The second-order valence-electron chi connectivity index (χ2n) is 7.89. The lowest BCUT2D eigenvalue weighted by Gasteiger charge is -2.20. The third-order valence-corrected chi connectivity index (χ3v) is 5.90. The van der Waals surface area contributed by atoms with Crippen molar-refractivity contribution in [3.8, 4) is 0 Å². The molecule has 2 unspecified atom stereocenters. The fourth-order valence-electron chi connectivity index (χ4n) is 4.30. The Morgan fingerprint density at radius 3 is 2.50 bits per heavy atom. The fourth-order valence-corrected chi connectivity index (χ4v) is 4.30. The maximum absolute atomic E-state index is 12.7. The van der Waals surface area contributed by atoms with Crippen LogP contribution in [0.3, 0.4) is 0 Å². The summed E-state index contributed by atoms with van der Waals surface area (Å²) in [7, 11) is 0. The summed E-state index contributed by atoms with van der Waals surface area (Å²) in [6, 6.07) is 0. The van der Waals surface area contributed by atoms with Crippen molar-refractivity contribution in [1.82, 2.24) is 24.9 Å². The van der Waals surface area contributed by atoms with Crippen LogP contribution in [0.15, 0.2) is 6.20 Å². The number of hydrogen-bond acceptors (Lipinski definition) is 4. The highest BCUT2D eigenvalue weighted by Gasteiger charge is 2.41. The van der Waals surface area contributed by atoms with Crippen LogP contribution >= 0.6 is 0 Å². The number of carbonyl (C=O) groups excluding carboxylic acids is 1. The lowest BCUT2D eigenvalue weighted by molar-refractivity contribution is 0.0938. The van der Waals surface area contributed by atoms with Gasteiger partial charge in [0, 0.05) is 51.4 Å². The van der Waals surface area contributed by atoms with Gasteiger partial charge in [0.1, 0.15) is 5.69 Å². The Kier molecular flexibility index (Phi) is 4.60. The van der Waals surface area contributed by atoms with Crippen molar-refractivity contribution in [3.05, 3.63) is 17.5 Å². The van der Waals surface area contributed by atoms with Crippen LogP contribution < -0.4 is 5.32 Å². The lowest BCUT2D eigenvalue weighted by atomic mass is 10.0. The number of hydrogen-bond donors (Lipinski definition) is 2. The van der Waals surface area contributed by atoms with E-state index in [9.17, 15) is 9.59 Å². The first-order valence-electron chi connectivity index (χ1n) is 9.58. The van der Waals surface area contributed by atoms with Gasteiger partial charge in [0.05, 0.1) is 6.20 Å². The number of aryl methyl sites for hydroxylation is 1. The van der Waals surface area contributed by atoms with Gasteiger partial charge >= 0.3 is 6.09 Å². The zero-order chi connectivity index (χ0) is 18.3. The van der Waals surface area contributed by atoms with Crippen LogP contribution in [0.2, 0.25) is 0 Å². The Balaban J connectivity index is 1.40. The summed E-state index contributed by atoms with van der Waals surface area (Å²) in [5.74, 6) is 1.43. The van der Waals surface area contributed by atoms with Crippen LogP contribution in [0.1, 0.15) is 35.8 Å². The maximum atomic E-state index is 12.7. The van der Waals surface area contributed by atoms with Gasteiger partial charge in [-0.3, -0.25) is 14.4 Å². The molecule has 2 amide bonds. The number of aromatic nitrogens is 2. The number of fused-ring (bicyclic) bond motifs is 1. The van der Waals surface area contributed by atoms with Crippen molar-refractivity contribution in [2.45, 2.75) is 32.9 Å². The van der Waals surface area contributed by atoms with Gasteiger partial charge in [-0.2, -0.15) is 5.10 Å². The first kappa shape index (κ1) is 17.3. The van der Waals surface area contributed by atoms with E-state index in [0.717, 1.165) is 25.2 Å². The summed E-state index contributed by atoms with van der Waals surface area (Å²) in [6.07, 6.45) is 3.42. The highest BCUT2D eigenvalue weighted by atomic mass is 16.4. The number of amides is 2. The van der Waals surface area contributed by atoms with E-state index >= 15 is 0 Å². The largest absolute Gasteiger partial charge is 0.465 e. The molecule has 2 N–H and O–H groups in total. The first-order chi connectivity index (χ1) is 12.5. The molecule has 142 valence electrons. The molecule has 2 aliphatic heterocycles. The Morgan fingerprint density at radius 2 is 1.92 bits per heavy atom. The molecule has 3 fully saturated rings. The molecule has 0 bridgehead atoms. The first-order valence-corrected chi connectivity index (χ1v) is 9.58. The highest BCUT2D eigenvalue weighted by molar-refractivity contribution is 5.94. The zero-order valence-corrected chi connectivity index (χ0v) is 15.2. The van der Waals surface area contributed by atoms with Gasteiger partial charge in [0.25, 0.3) is 5.91 Å². The summed E-state index contributed by atoms with van der Waals surface area (Å²) >= 11 is 0. The van der Waals surface area contributed by atoms with Gasteiger partial charge in [-0.1, -0.05) is 0 Å². The summed E-state index contributed by atoms with van der Waals surface area (Å²) in [5, 5.41) is 16.6. The number of likely N-dealkylation sites (tertiary alicyclic amines) is 2. The molecule has 0 spiro atoms. The van der Waals surface area contributed by atoms with Crippen molar-refractivity contribution in [2.75, 3.05) is 32.7 Å². The molecule has 1 aliphatic carbocycles. The Labute approximate surface area is 153 Å². The molecule has 3 heterocycles. The average molecular weight is 361 g/mol. The van der Waals surface area contributed by atoms with E-state index in [1.807, 2.05) is 13.1 Å². The molecular weight excluding hydrogens is 334 g/mol. The third kappa shape index (κ3) is 3.42. The predicted molar refractivity (Wildman–Crippen MR) is 94.8 cm³/mol. The molecule has 1 aromatic heterocycles. The van der Waals surface area contributed by atoms with E-state index < -0.39 is 6.09 Å². The van der Waals surface area contributed by atoms with Crippen molar-refractivity contribution in [2.24, 2.45) is 17.8 Å². The molecule has 4 rings (SSSR count). The van der Waals surface area contributed by atoms with Gasteiger partial charge in [-0.05, 0) is 37.5 Å². The van der Waals surface area contributed by atoms with Crippen LogP contribution in [0.5, 0.6) is 0 Å². The van der Waals surface area contributed by atoms with E-state index in [1.54, 1.807) is 4.68 Å². The molecule has 1 saturated carbocycles. The molecule has 2 atom stereocenters. The monoisotopic (exact) mass is 361 g/mol. The predicted octanol–water partition coefficient (Wildman–Crippen LogP) is 1.08. The van der Waals surface area contributed by atoms with E-state index in [1.165, 1.54) is 17.7 Å². The number of carboxylic acid groups (broad SMARTS) is 1. The van der Waals surface area contributed by atoms with E-state index in [0.29, 0.717) is 49.6 Å². The maximum Gasteiger partial charge on any atom is 0.407 e. The quantitative estimate of drug-likeness (QED) is 0.791. The van der Waals surface area contributed by atoms with Gasteiger partial charge in [0.2, 0.25) is 0 Å². The van der Waals surface area contributed by atoms with Crippen molar-refractivity contribution >= 4 is 12.0 Å². The van der Waals surface area contributed by atoms with Crippen LogP contribution in [0, 0.1) is 17.8 Å². The molecule has 8 heteroatoms. The Hall–Kier alpha value is -2.09. The van der Waals surface area contributed by atoms with Crippen molar-refractivity contribution in [3.63, 3.8) is 0 Å². The zero-order valence-electron chi connectivity index (χ0n) is 15.2. The molecule has 0 radical (unpaired) electrons. The van der Waals surface area contributed by atoms with Gasteiger partial charge in [0.15, 0.2) is 0 Å². The lowest BCUT2D eigenvalue weighted by Crippen LogP contribution is -2.33. The Bertz CT molecular complexity index is 685. The van der Waals surface area contributed by atoms with E-state index in [-0.39, 0.29) is 5.91 Å². The molecule has 1 aromatic rings. The summed E-state index contributed by atoms with van der Waals surface area (Å²) in [5.41, 5.74) is 1.65. The van der Waals surface area contributed by atoms with Crippen LogP contribution in [-0.4, -0.2) is 69.4 Å². The number of carbonyl (C=O) groups is 2. The molecule has 3 aliphatic rings. The van der Waals surface area contributed by atoms with Crippen molar-refractivity contribution in [1.29, 1.82) is 0 Å². The minimum atomic E-state index is -0.815. The highest BCUT2D eigenvalue weighted by Crippen LogP contribution is 2.32. The molecule has 26 heavy (non-hydrogen) atoms. The second kappa shape index (κ2) is 6.90. The van der Waals surface area contributed by atoms with Crippen LogP contribution in [0.4, 0.5) is 4.79 Å². The standard InChI is InChI=1S/C18H27N5O3/c1-2-23-16(17(24)19-5-12-3-4-12)13(6-20-23)7-21-8-14-10-22(18(25)26)11-15(14)9-21/h6,12,14-15H,2-5,7-11H2,1H3,(H,19,24)(H,25,26). The second-order valence-corrected chi connectivity index (χ2v) is 7.89. The van der Waals surface area contributed by atoms with Gasteiger partial charge in [-0.15, -0.1) is 0 Å². The van der Waals surface area contributed by atoms with E-state index in [4.69, 9.17) is 5.11 Å². The topological polar surface area (TPSA) is 90.7 Å². The molecule has 8 nitrogen and oxygen atoms in total. The minimum Gasteiger partial charge on any atom is -0.465 e. The molecular formula is C18H27N5O3. The minimum absolute atomic E-state index is 0.0253. The number of nitrogens with zero attached hydrogens (tertiary/aromatic N) is 4. The SMILES string of the molecule is CCn1ncc(CN2CC3CN(C(=O)O)CC3C2)c1C(=O)NCC1CC1. The summed E-state index contributed by atoms with van der Waals surface area (Å²) in [6.45, 7) is 7.14. The third-order valence-electron chi connectivity index (χ3n) is 5.90. The fraction of sp³-hybridized carbons (Fsp3) is 0.722. The Morgan fingerprint density at radius 1 is 1.23 bits per heavy atom. The van der Waals surface area contributed by atoms with E-state index in [2.05, 4.69) is 15.3 Å². The van der Waals surface area contributed by atoms with Crippen LogP contribution in [-0.2, 0) is 13.1 Å². The van der Waals surface area contributed by atoms with Crippen molar-refractivity contribution < 1.29 is 14.7 Å². The van der Waals surface area contributed by atoms with Gasteiger partial charge in [-0.25, -0.2) is 4.79 Å². The average Bonchev–Trinajstić information content (AvgIpc) is 3.04. The van der Waals surface area contributed by atoms with Gasteiger partial charge < -0.3 is 15.3 Å².